The molecule has 1 heterocycles. The van der Waals surface area contributed by atoms with Gasteiger partial charge in [0.25, 0.3) is 0 Å². The van der Waals surface area contributed by atoms with Crippen molar-refractivity contribution in [3.05, 3.63) is 65.4 Å². The van der Waals surface area contributed by atoms with Crippen LogP contribution < -0.4 is 0 Å². The SMILES string of the molecule is Cc1cccc(Cn2ncc3cc(C)ccc32)c1. The first kappa shape index (κ1) is 11.0. The highest BCUT2D eigenvalue weighted by Crippen LogP contribution is 2.17. The van der Waals surface area contributed by atoms with Gasteiger partial charge in [0.15, 0.2) is 0 Å². The van der Waals surface area contributed by atoms with E-state index in [2.05, 4.69) is 66.1 Å². The Hall–Kier alpha value is -2.09. The van der Waals surface area contributed by atoms with Crippen molar-refractivity contribution in [1.29, 1.82) is 0 Å². The third-order valence-electron chi connectivity index (χ3n) is 3.21. The van der Waals surface area contributed by atoms with Crippen LogP contribution in [0.4, 0.5) is 0 Å². The summed E-state index contributed by atoms with van der Waals surface area (Å²) in [6, 6.07) is 15.0. The van der Waals surface area contributed by atoms with Crippen LogP contribution in [0.25, 0.3) is 10.9 Å². The molecule has 0 spiro atoms. The largest absolute Gasteiger partial charge is 0.260 e. The van der Waals surface area contributed by atoms with Gasteiger partial charge in [0.1, 0.15) is 0 Å². The van der Waals surface area contributed by atoms with E-state index in [1.54, 1.807) is 0 Å². The topological polar surface area (TPSA) is 17.8 Å². The number of benzene rings is 2. The van der Waals surface area contributed by atoms with Crippen molar-refractivity contribution in [3.8, 4) is 0 Å². The van der Waals surface area contributed by atoms with E-state index in [1.165, 1.54) is 27.6 Å². The minimum Gasteiger partial charge on any atom is -0.260 e. The predicted molar refractivity (Wildman–Crippen MR) is 74.8 cm³/mol. The van der Waals surface area contributed by atoms with Gasteiger partial charge in [-0.15, -0.1) is 0 Å². The summed E-state index contributed by atoms with van der Waals surface area (Å²) in [5, 5.41) is 5.69. The van der Waals surface area contributed by atoms with E-state index < -0.39 is 0 Å². The van der Waals surface area contributed by atoms with Crippen molar-refractivity contribution >= 4 is 10.9 Å². The quantitative estimate of drug-likeness (QED) is 0.663. The number of aryl methyl sites for hydroxylation is 2. The molecule has 0 N–H and O–H groups in total. The van der Waals surface area contributed by atoms with Gasteiger partial charge in [0.05, 0.1) is 18.3 Å². The molecule has 1 aromatic heterocycles. The summed E-state index contributed by atoms with van der Waals surface area (Å²) >= 11 is 0. The third-order valence-corrected chi connectivity index (χ3v) is 3.21. The first-order valence-electron chi connectivity index (χ1n) is 6.20. The van der Waals surface area contributed by atoms with Crippen LogP contribution in [-0.2, 0) is 6.54 Å². The fourth-order valence-electron chi connectivity index (χ4n) is 2.32. The molecule has 0 radical (unpaired) electrons. The number of rotatable bonds is 2. The fraction of sp³-hybridized carbons (Fsp3) is 0.188. The zero-order valence-electron chi connectivity index (χ0n) is 10.7. The molecule has 90 valence electrons. The second-order valence-corrected chi connectivity index (χ2v) is 4.85. The molecule has 0 saturated carbocycles. The van der Waals surface area contributed by atoms with E-state index >= 15 is 0 Å². The molecule has 3 aromatic rings. The Kier molecular flexibility index (Phi) is 2.63. The average molecular weight is 236 g/mol. The van der Waals surface area contributed by atoms with E-state index in [4.69, 9.17) is 0 Å². The van der Waals surface area contributed by atoms with Gasteiger partial charge in [-0.1, -0.05) is 41.5 Å². The molecule has 0 amide bonds. The summed E-state index contributed by atoms with van der Waals surface area (Å²) < 4.78 is 2.06. The minimum absolute atomic E-state index is 0.828. The number of nitrogens with zero attached hydrogens (tertiary/aromatic N) is 2. The van der Waals surface area contributed by atoms with Crippen molar-refractivity contribution in [2.24, 2.45) is 0 Å². The Morgan fingerprint density at radius 3 is 2.67 bits per heavy atom. The van der Waals surface area contributed by atoms with Crippen LogP contribution in [0.1, 0.15) is 16.7 Å². The minimum atomic E-state index is 0.828. The maximum atomic E-state index is 4.48. The summed E-state index contributed by atoms with van der Waals surface area (Å²) in [6.07, 6.45) is 1.94. The molecule has 3 rings (SSSR count). The van der Waals surface area contributed by atoms with Crippen LogP contribution in [0.15, 0.2) is 48.7 Å². The molecular formula is C16H16N2. The van der Waals surface area contributed by atoms with Gasteiger partial charge in [-0.3, -0.25) is 4.68 Å². The van der Waals surface area contributed by atoms with Crippen molar-refractivity contribution in [2.75, 3.05) is 0 Å². The van der Waals surface area contributed by atoms with Crippen molar-refractivity contribution in [1.82, 2.24) is 9.78 Å². The monoisotopic (exact) mass is 236 g/mol. The van der Waals surface area contributed by atoms with Crippen LogP contribution in [0.3, 0.4) is 0 Å². The van der Waals surface area contributed by atoms with Crippen molar-refractivity contribution < 1.29 is 0 Å². The maximum Gasteiger partial charge on any atom is 0.0686 e. The van der Waals surface area contributed by atoms with E-state index in [0.29, 0.717) is 0 Å². The van der Waals surface area contributed by atoms with Crippen LogP contribution in [0.5, 0.6) is 0 Å². The molecule has 0 atom stereocenters. The van der Waals surface area contributed by atoms with E-state index in [0.717, 1.165) is 6.54 Å². The van der Waals surface area contributed by atoms with Crippen LogP contribution >= 0.6 is 0 Å². The first-order valence-corrected chi connectivity index (χ1v) is 6.20. The molecule has 0 saturated heterocycles. The molecule has 0 bridgehead atoms. The highest BCUT2D eigenvalue weighted by molar-refractivity contribution is 5.79. The molecule has 2 nitrogen and oxygen atoms in total. The average Bonchev–Trinajstić information content (AvgIpc) is 2.72. The fourth-order valence-corrected chi connectivity index (χ4v) is 2.32. The van der Waals surface area contributed by atoms with Crippen LogP contribution in [0.2, 0.25) is 0 Å². The number of hydrogen-bond donors (Lipinski definition) is 0. The van der Waals surface area contributed by atoms with Gasteiger partial charge in [-0.25, -0.2) is 0 Å². The normalized spacial score (nSPS) is 11.0. The highest BCUT2D eigenvalue weighted by Gasteiger charge is 2.03. The smallest absolute Gasteiger partial charge is 0.0686 e. The molecule has 0 aliphatic heterocycles. The Labute approximate surface area is 107 Å². The Morgan fingerprint density at radius 1 is 1.00 bits per heavy atom. The van der Waals surface area contributed by atoms with E-state index in [1.807, 2.05) is 6.20 Å². The summed E-state index contributed by atoms with van der Waals surface area (Å²) in [4.78, 5) is 0. The Morgan fingerprint density at radius 2 is 1.83 bits per heavy atom. The molecule has 0 fully saturated rings. The molecule has 2 heteroatoms. The van der Waals surface area contributed by atoms with Crippen molar-refractivity contribution in [3.63, 3.8) is 0 Å². The van der Waals surface area contributed by atoms with Gasteiger partial charge < -0.3 is 0 Å². The second-order valence-electron chi connectivity index (χ2n) is 4.85. The lowest BCUT2D eigenvalue weighted by Gasteiger charge is -2.05. The van der Waals surface area contributed by atoms with Gasteiger partial charge in [0, 0.05) is 5.39 Å². The van der Waals surface area contributed by atoms with Crippen molar-refractivity contribution in [2.45, 2.75) is 20.4 Å². The zero-order valence-corrected chi connectivity index (χ0v) is 10.7. The molecule has 18 heavy (non-hydrogen) atoms. The molecule has 0 aliphatic rings. The second kappa shape index (κ2) is 4.30. The van der Waals surface area contributed by atoms with Gasteiger partial charge >= 0.3 is 0 Å². The number of hydrogen-bond acceptors (Lipinski definition) is 1. The molecule has 2 aromatic carbocycles. The first-order chi connectivity index (χ1) is 8.72. The maximum absolute atomic E-state index is 4.48. The molecular weight excluding hydrogens is 220 g/mol. The highest BCUT2D eigenvalue weighted by atomic mass is 15.3. The van der Waals surface area contributed by atoms with Gasteiger partial charge in [0.2, 0.25) is 0 Å². The number of aromatic nitrogens is 2. The van der Waals surface area contributed by atoms with E-state index in [9.17, 15) is 0 Å². The summed E-state index contributed by atoms with van der Waals surface area (Å²) in [7, 11) is 0. The predicted octanol–water partition coefficient (Wildman–Crippen LogP) is 3.70. The third kappa shape index (κ3) is 2.02. The molecule has 0 aliphatic carbocycles. The lowest BCUT2D eigenvalue weighted by atomic mass is 10.1. The standard InChI is InChI=1S/C16H16N2/c1-12-4-3-5-14(8-12)11-18-16-7-6-13(2)9-15(16)10-17-18/h3-10H,11H2,1-2H3. The van der Waals surface area contributed by atoms with Gasteiger partial charge in [-0.2, -0.15) is 5.10 Å². The van der Waals surface area contributed by atoms with E-state index in [-0.39, 0.29) is 0 Å². The van der Waals surface area contributed by atoms with Crippen LogP contribution in [-0.4, -0.2) is 9.78 Å². The lowest BCUT2D eigenvalue weighted by molar-refractivity contribution is 0.711. The zero-order chi connectivity index (χ0) is 12.5. The Bertz CT molecular complexity index is 695. The lowest BCUT2D eigenvalue weighted by Crippen LogP contribution is -2.01. The van der Waals surface area contributed by atoms with Gasteiger partial charge in [-0.05, 0) is 31.5 Å². The summed E-state index contributed by atoms with van der Waals surface area (Å²) in [5.41, 5.74) is 5.06. The Balaban J connectivity index is 2.00. The number of fused-ring (bicyclic) bond motifs is 1. The van der Waals surface area contributed by atoms with Crippen LogP contribution in [0, 0.1) is 13.8 Å². The molecule has 0 unspecified atom stereocenters. The summed E-state index contributed by atoms with van der Waals surface area (Å²) in [6.45, 7) is 5.06. The summed E-state index contributed by atoms with van der Waals surface area (Å²) in [5.74, 6) is 0.